The van der Waals surface area contributed by atoms with Gasteiger partial charge in [-0.15, -0.1) is 0 Å². The number of carbonyl (C=O) groups is 1. The summed E-state index contributed by atoms with van der Waals surface area (Å²) in [6.45, 7) is 5.08. The molecule has 2 rings (SSSR count). The lowest BCUT2D eigenvalue weighted by atomic mass is 10.1. The molecule has 0 unspecified atom stereocenters. The van der Waals surface area contributed by atoms with Crippen LogP contribution in [0.1, 0.15) is 12.5 Å². The van der Waals surface area contributed by atoms with Gasteiger partial charge in [0.15, 0.2) is 5.96 Å². The first kappa shape index (κ1) is 15.1. The van der Waals surface area contributed by atoms with E-state index in [1.165, 1.54) is 0 Å². The van der Waals surface area contributed by atoms with E-state index in [0.29, 0.717) is 12.2 Å². The zero-order valence-corrected chi connectivity index (χ0v) is 12.2. The number of anilines is 1. The number of hydrogen-bond acceptors (Lipinski definition) is 4. The Morgan fingerprint density at radius 2 is 1.90 bits per heavy atom. The van der Waals surface area contributed by atoms with Gasteiger partial charge in [0.25, 0.3) is 0 Å². The highest BCUT2D eigenvalue weighted by Gasteiger charge is 2.20. The first-order chi connectivity index (χ1) is 10.0. The predicted octanol–water partition coefficient (Wildman–Crippen LogP) is -0.281. The summed E-state index contributed by atoms with van der Waals surface area (Å²) in [6, 6.07) is 5.74. The molecule has 0 aliphatic carbocycles. The van der Waals surface area contributed by atoms with Gasteiger partial charge in [-0.25, -0.2) is 4.99 Å². The maximum atomic E-state index is 11.4. The second kappa shape index (κ2) is 6.45. The van der Waals surface area contributed by atoms with Gasteiger partial charge in [-0.05, 0) is 23.8 Å². The Bertz CT molecular complexity index is 544. The van der Waals surface area contributed by atoms with Gasteiger partial charge in [-0.2, -0.15) is 0 Å². The van der Waals surface area contributed by atoms with Crippen LogP contribution in [0.4, 0.5) is 11.4 Å². The smallest absolute Gasteiger partial charge is 0.219 e. The molecule has 1 aromatic carbocycles. The van der Waals surface area contributed by atoms with Crippen LogP contribution in [-0.2, 0) is 11.3 Å². The molecule has 6 N–H and O–H groups in total. The Hall–Kier alpha value is -2.28. The molecule has 1 amide bonds. The Labute approximate surface area is 124 Å². The van der Waals surface area contributed by atoms with Crippen LogP contribution in [0.2, 0.25) is 0 Å². The fraction of sp³-hybridized carbons (Fsp3) is 0.429. The van der Waals surface area contributed by atoms with Crippen molar-refractivity contribution in [3.63, 3.8) is 0 Å². The van der Waals surface area contributed by atoms with Crippen LogP contribution < -0.4 is 22.1 Å². The lowest BCUT2D eigenvalue weighted by Crippen LogP contribution is -2.48. The van der Waals surface area contributed by atoms with E-state index in [2.05, 4.69) is 9.89 Å². The minimum absolute atomic E-state index is 0.0285. The Morgan fingerprint density at radius 3 is 2.43 bits per heavy atom. The number of carbonyl (C=O) groups excluding carboxylic acids is 1. The fourth-order valence-electron chi connectivity index (χ4n) is 2.52. The number of benzene rings is 1. The highest BCUT2D eigenvalue weighted by atomic mass is 16.2. The van der Waals surface area contributed by atoms with Crippen LogP contribution in [0.3, 0.4) is 0 Å². The van der Waals surface area contributed by atoms with Gasteiger partial charge in [0.05, 0.1) is 5.69 Å². The maximum absolute atomic E-state index is 11.4. The maximum Gasteiger partial charge on any atom is 0.219 e. The highest BCUT2D eigenvalue weighted by Crippen LogP contribution is 2.26. The molecule has 0 bridgehead atoms. The van der Waals surface area contributed by atoms with Crippen LogP contribution in [-0.4, -0.2) is 42.9 Å². The lowest BCUT2D eigenvalue weighted by Gasteiger charge is -2.36. The number of nitrogens with zero attached hydrogens (tertiary/aromatic N) is 3. The quantitative estimate of drug-likeness (QED) is 0.523. The van der Waals surface area contributed by atoms with Crippen LogP contribution in [0.5, 0.6) is 0 Å². The van der Waals surface area contributed by atoms with E-state index >= 15 is 0 Å². The van der Waals surface area contributed by atoms with Crippen molar-refractivity contribution in [2.75, 3.05) is 31.1 Å². The van der Waals surface area contributed by atoms with Gasteiger partial charge in [-0.1, -0.05) is 0 Å². The van der Waals surface area contributed by atoms with Crippen LogP contribution in [0.25, 0.3) is 0 Å². The normalized spacial score (nSPS) is 15.0. The topological polar surface area (TPSA) is 114 Å². The predicted molar refractivity (Wildman–Crippen MR) is 84.3 cm³/mol. The van der Waals surface area contributed by atoms with Crippen molar-refractivity contribution in [1.82, 2.24) is 4.90 Å². The van der Waals surface area contributed by atoms with Gasteiger partial charge in [0.1, 0.15) is 0 Å². The standard InChI is InChI=1S/C14H22N6O/c1-10(21)19-4-6-20(7-5-19)13-3-2-12(18-14(16)17)8-11(13)9-15/h2-3,8H,4-7,9,15H2,1H3,(H4,16,17,18). The summed E-state index contributed by atoms with van der Waals surface area (Å²) in [7, 11) is 0. The first-order valence-electron chi connectivity index (χ1n) is 6.94. The minimum atomic E-state index is 0.0285. The molecule has 0 aromatic heterocycles. The molecule has 21 heavy (non-hydrogen) atoms. The van der Waals surface area contributed by atoms with Crippen molar-refractivity contribution in [2.45, 2.75) is 13.5 Å². The van der Waals surface area contributed by atoms with Gasteiger partial charge < -0.3 is 27.0 Å². The van der Waals surface area contributed by atoms with Gasteiger partial charge in [0.2, 0.25) is 5.91 Å². The first-order valence-corrected chi connectivity index (χ1v) is 6.94. The number of nitrogens with two attached hydrogens (primary N) is 3. The lowest BCUT2D eigenvalue weighted by molar-refractivity contribution is -0.129. The molecule has 0 saturated carbocycles. The van der Waals surface area contributed by atoms with E-state index < -0.39 is 0 Å². The zero-order chi connectivity index (χ0) is 15.4. The average Bonchev–Trinajstić information content (AvgIpc) is 2.46. The third-order valence-electron chi connectivity index (χ3n) is 3.61. The van der Waals surface area contributed by atoms with Crippen LogP contribution >= 0.6 is 0 Å². The molecule has 7 nitrogen and oxygen atoms in total. The molecule has 114 valence electrons. The second-order valence-electron chi connectivity index (χ2n) is 5.05. The Kier molecular flexibility index (Phi) is 4.64. The van der Waals surface area contributed by atoms with E-state index in [4.69, 9.17) is 17.2 Å². The molecular weight excluding hydrogens is 268 g/mol. The minimum Gasteiger partial charge on any atom is -0.370 e. The van der Waals surface area contributed by atoms with E-state index in [0.717, 1.165) is 37.4 Å². The van der Waals surface area contributed by atoms with Crippen molar-refractivity contribution in [3.05, 3.63) is 23.8 Å². The summed E-state index contributed by atoms with van der Waals surface area (Å²) >= 11 is 0. The number of aliphatic imine (C=N–C) groups is 1. The molecular formula is C14H22N6O. The second-order valence-corrected chi connectivity index (χ2v) is 5.05. The fourth-order valence-corrected chi connectivity index (χ4v) is 2.52. The average molecular weight is 290 g/mol. The Balaban J connectivity index is 2.17. The molecule has 0 atom stereocenters. The summed E-state index contributed by atoms with van der Waals surface area (Å²) in [4.78, 5) is 19.5. The summed E-state index contributed by atoms with van der Waals surface area (Å²) in [6.07, 6.45) is 0. The third-order valence-corrected chi connectivity index (χ3v) is 3.61. The van der Waals surface area contributed by atoms with Crippen LogP contribution in [0.15, 0.2) is 23.2 Å². The summed E-state index contributed by atoms with van der Waals surface area (Å²) in [5.74, 6) is 0.151. The highest BCUT2D eigenvalue weighted by molar-refractivity contribution is 5.79. The van der Waals surface area contributed by atoms with E-state index in [-0.39, 0.29) is 11.9 Å². The molecule has 1 aromatic rings. The number of piperazine rings is 1. The van der Waals surface area contributed by atoms with Crippen molar-refractivity contribution in [2.24, 2.45) is 22.2 Å². The summed E-state index contributed by atoms with van der Waals surface area (Å²) in [5, 5.41) is 0. The molecule has 7 heteroatoms. The number of guanidine groups is 1. The van der Waals surface area contributed by atoms with Crippen LogP contribution in [0, 0.1) is 0 Å². The molecule has 0 radical (unpaired) electrons. The van der Waals surface area contributed by atoms with Crippen molar-refractivity contribution < 1.29 is 4.79 Å². The summed E-state index contributed by atoms with van der Waals surface area (Å²) < 4.78 is 0. The molecule has 0 spiro atoms. The van der Waals surface area contributed by atoms with E-state index in [1.807, 2.05) is 23.1 Å². The van der Waals surface area contributed by atoms with E-state index in [9.17, 15) is 4.79 Å². The van der Waals surface area contributed by atoms with Gasteiger partial charge >= 0.3 is 0 Å². The molecule has 1 aliphatic heterocycles. The molecule has 1 aliphatic rings. The Morgan fingerprint density at radius 1 is 1.24 bits per heavy atom. The monoisotopic (exact) mass is 290 g/mol. The van der Waals surface area contributed by atoms with Crippen molar-refractivity contribution in [1.29, 1.82) is 0 Å². The molecule has 1 heterocycles. The van der Waals surface area contributed by atoms with Crippen molar-refractivity contribution in [3.8, 4) is 0 Å². The SMILES string of the molecule is CC(=O)N1CCN(c2ccc(N=C(N)N)cc2CN)CC1. The summed E-state index contributed by atoms with van der Waals surface area (Å²) in [5.41, 5.74) is 19.4. The third kappa shape index (κ3) is 3.63. The molecule has 1 saturated heterocycles. The largest absolute Gasteiger partial charge is 0.370 e. The zero-order valence-electron chi connectivity index (χ0n) is 12.2. The van der Waals surface area contributed by atoms with E-state index in [1.54, 1.807) is 6.92 Å². The number of amides is 1. The molecule has 1 fully saturated rings. The number of rotatable bonds is 3. The number of hydrogen-bond donors (Lipinski definition) is 3. The van der Waals surface area contributed by atoms with Crippen molar-refractivity contribution >= 4 is 23.2 Å². The van der Waals surface area contributed by atoms with Gasteiger partial charge in [-0.3, -0.25) is 4.79 Å². The van der Waals surface area contributed by atoms with Gasteiger partial charge in [0, 0.05) is 45.3 Å².